The van der Waals surface area contributed by atoms with Crippen molar-refractivity contribution in [2.24, 2.45) is 0 Å². The maximum atomic E-state index is 10.7. The van der Waals surface area contributed by atoms with Crippen LogP contribution in [-0.2, 0) is 0 Å². The monoisotopic (exact) mass is 326 g/mol. The normalized spacial score (nSPS) is 5.20. The quantitative estimate of drug-likeness (QED) is 0.589. The van der Waals surface area contributed by atoms with E-state index in [-0.39, 0.29) is 0 Å². The molecule has 0 fully saturated rings. The van der Waals surface area contributed by atoms with Crippen molar-refractivity contribution in [1.82, 2.24) is 0 Å². The minimum Gasteiger partial charge on any atom is -0.481 e. The molecular weight excluding hydrogens is 322 g/mol. The number of rotatable bonds is 0. The molecule has 0 N–H and O–H groups in total. The van der Waals surface area contributed by atoms with Crippen LogP contribution in [0.2, 0.25) is 0 Å². The fourth-order valence-electron chi connectivity index (χ4n) is 0. The van der Waals surface area contributed by atoms with Crippen LogP contribution in [0.4, 0.5) is 4.39 Å². The van der Waals surface area contributed by atoms with E-state index in [0.717, 1.165) is 0 Å². The van der Waals surface area contributed by atoms with E-state index >= 15 is 0 Å². The van der Waals surface area contributed by atoms with Gasteiger partial charge in [-0.15, -0.1) is 0 Å². The predicted molar refractivity (Wildman–Crippen MR) is 14.6 cm³/mol. The van der Waals surface area contributed by atoms with Gasteiger partial charge in [0.2, 0.25) is 0 Å². The average molecular weight is 326 g/mol. The van der Waals surface area contributed by atoms with Gasteiger partial charge in [-0.05, 0) is 6.92 Å². The molecule has 0 aliphatic heterocycles. The number of halogens is 1. The minimum absolute atomic E-state index is 0. The molecule has 0 saturated heterocycles. The fraction of sp³-hybridized carbons (Fsp3) is 0.333. The zero-order chi connectivity index (χ0) is 3.58. The van der Waals surface area contributed by atoms with Crippen LogP contribution < -0.4 is 0 Å². The molecular formula is C3H4FRf-. The van der Waals surface area contributed by atoms with Crippen LogP contribution in [0.25, 0.3) is 0 Å². The smallest absolute Gasteiger partial charge is 0 e. The molecule has 2 heteroatoms. The second kappa shape index (κ2) is 2.67. The van der Waals surface area contributed by atoms with Crippen molar-refractivity contribution in [1.29, 1.82) is 0 Å². The Morgan fingerprint density at radius 3 is 1.80 bits per heavy atom. The summed E-state index contributed by atoms with van der Waals surface area (Å²) in [5.41, 5.74) is 0. The average Bonchev–Trinajstić information content (AvgIpc) is 0.811. The molecule has 0 nitrogen and oxygen atoms in total. The topological polar surface area (TPSA) is 0 Å². The Bertz CT molecular complexity index is 29.9. The molecule has 0 saturated carbocycles. The van der Waals surface area contributed by atoms with Gasteiger partial charge in [0.25, 0.3) is 0 Å². The standard InChI is InChI=1S/C3H4F.Rf/c1-3(2)4;/h1H,2H3;/q-1;. The Morgan fingerprint density at radius 1 is 1.80 bits per heavy atom. The molecule has 0 radical (unpaired) electrons. The van der Waals surface area contributed by atoms with E-state index in [2.05, 4.69) is 6.58 Å². The summed E-state index contributed by atoms with van der Waals surface area (Å²) < 4.78 is 10.7. The van der Waals surface area contributed by atoms with Gasteiger partial charge in [0, 0.05) is 0 Å². The second-order valence-corrected chi connectivity index (χ2v) is 0.587. The zero-order valence-electron chi connectivity index (χ0n) is 3.16. The first kappa shape index (κ1) is 9.38. The van der Waals surface area contributed by atoms with Gasteiger partial charge in [-0.25, -0.2) is 0 Å². The molecule has 0 aliphatic rings. The molecule has 0 bridgehead atoms. The third kappa shape index (κ3) is 0.678. The molecule has 0 unspecified atom stereocenters. The van der Waals surface area contributed by atoms with E-state index in [1.54, 1.807) is 0 Å². The molecule has 0 heterocycles. The molecule has 0 aliphatic carbocycles. The number of hydrogen-bond acceptors (Lipinski definition) is 0. The predicted octanol–water partition coefficient (Wildman–Crippen LogP) is 1.29. The van der Waals surface area contributed by atoms with Crippen molar-refractivity contribution in [3.63, 3.8) is 0 Å². The zero-order valence-corrected chi connectivity index (χ0v) is 9.56. The summed E-state index contributed by atoms with van der Waals surface area (Å²) in [5, 5.41) is 0. The van der Waals surface area contributed by atoms with Crippen molar-refractivity contribution in [3.8, 4) is 0 Å². The Balaban J connectivity index is 0. The first-order valence-corrected chi connectivity index (χ1v) is 0.978. The molecule has 0 aromatic carbocycles. The van der Waals surface area contributed by atoms with Gasteiger partial charge in [0.1, 0.15) is 0 Å². The molecule has 0 aromatic rings. The summed E-state index contributed by atoms with van der Waals surface area (Å²) in [6, 6.07) is 0. The Labute approximate surface area is 24.9 Å². The fourth-order valence-corrected chi connectivity index (χ4v) is 0. The largest absolute Gasteiger partial charge is 0.481 e. The molecule has 0 aromatic heterocycles. The van der Waals surface area contributed by atoms with Crippen LogP contribution in [0.5, 0.6) is 0 Å². The van der Waals surface area contributed by atoms with Crippen molar-refractivity contribution in [3.05, 3.63) is 12.4 Å². The van der Waals surface area contributed by atoms with E-state index in [1.807, 2.05) is 0 Å². The summed E-state index contributed by atoms with van der Waals surface area (Å²) in [6.07, 6.45) is 0. The molecule has 0 spiro atoms. The van der Waals surface area contributed by atoms with Gasteiger partial charge < -0.3 is 6.58 Å². The van der Waals surface area contributed by atoms with Crippen LogP contribution in [0.1, 0.15) is 6.92 Å². The maximum absolute atomic E-state index is 10.7. The summed E-state index contributed by atoms with van der Waals surface area (Å²) in [4.78, 5) is 0. The van der Waals surface area contributed by atoms with E-state index in [4.69, 9.17) is 0 Å². The van der Waals surface area contributed by atoms with Gasteiger partial charge in [0.15, 0.2) is 0 Å². The van der Waals surface area contributed by atoms with E-state index in [0.29, 0.717) is 0 Å². The van der Waals surface area contributed by atoms with E-state index in [9.17, 15) is 4.39 Å². The molecule has 26 valence electrons. The van der Waals surface area contributed by atoms with E-state index in [1.165, 1.54) is 6.92 Å². The van der Waals surface area contributed by atoms with Crippen LogP contribution in [0, 0.1) is 6.58 Å². The summed E-state index contributed by atoms with van der Waals surface area (Å²) in [5.74, 6) is -0.583. The van der Waals surface area contributed by atoms with Crippen LogP contribution in [0.15, 0.2) is 5.83 Å². The first-order chi connectivity index (χ1) is 1.73. The molecule has 0 amide bonds. The summed E-state index contributed by atoms with van der Waals surface area (Å²) in [7, 11) is 0. The SMILES string of the molecule is [CH-]=C(C)F.[Rf]. The van der Waals surface area contributed by atoms with Gasteiger partial charge >= 0.3 is 0 Å². The third-order valence-corrected chi connectivity index (χ3v) is 0. The van der Waals surface area contributed by atoms with Crippen LogP contribution in [0.3, 0.4) is 0 Å². The molecule has 0 rings (SSSR count). The van der Waals surface area contributed by atoms with Crippen molar-refractivity contribution < 1.29 is 4.39 Å². The van der Waals surface area contributed by atoms with Crippen LogP contribution >= 0.6 is 0 Å². The van der Waals surface area contributed by atoms with Crippen molar-refractivity contribution >= 4 is 0 Å². The van der Waals surface area contributed by atoms with Crippen molar-refractivity contribution in [2.75, 3.05) is 0 Å². The molecule has 5 heavy (non-hydrogen) atoms. The van der Waals surface area contributed by atoms with Crippen LogP contribution in [-0.4, -0.2) is 0 Å². The summed E-state index contributed by atoms with van der Waals surface area (Å²) >= 11 is 0. The molecule has 0 atom stereocenters. The second-order valence-electron chi connectivity index (χ2n) is 0.587. The number of hydrogen-bond donors (Lipinski definition) is 0. The van der Waals surface area contributed by atoms with E-state index < -0.39 is 5.83 Å². The van der Waals surface area contributed by atoms with Gasteiger partial charge in [-0.3, -0.25) is 4.39 Å². The Hall–Kier alpha value is -1.33. The third-order valence-electron chi connectivity index (χ3n) is 0. The van der Waals surface area contributed by atoms with Gasteiger partial charge in [-0.2, -0.15) is 0 Å². The minimum atomic E-state index is -0.583. The van der Waals surface area contributed by atoms with Gasteiger partial charge in [-0.1, -0.05) is 5.83 Å². The van der Waals surface area contributed by atoms with Gasteiger partial charge in [0.05, 0.1) is 0 Å². The Morgan fingerprint density at radius 2 is 1.80 bits per heavy atom. The first-order valence-electron chi connectivity index (χ1n) is 0.978. The summed E-state index contributed by atoms with van der Waals surface area (Å²) in [6.45, 7) is 5.56. The Kier molecular flexibility index (Phi) is 5.01. The van der Waals surface area contributed by atoms with Crippen molar-refractivity contribution in [2.45, 2.75) is 6.92 Å². The maximum Gasteiger partial charge on any atom is 0 e. The number of allylic oxidation sites excluding steroid dienone is 1.